The molecule has 0 radical (unpaired) electrons. The Hall–Kier alpha value is -3.19. The van der Waals surface area contributed by atoms with Crippen LogP contribution in [0.2, 0.25) is 0 Å². The normalized spacial score (nSPS) is 18.0. The van der Waals surface area contributed by atoms with Crippen LogP contribution in [0, 0.1) is 11.7 Å². The molecule has 2 aromatic carbocycles. The van der Waals surface area contributed by atoms with Gasteiger partial charge in [0.2, 0.25) is 11.8 Å². The van der Waals surface area contributed by atoms with Gasteiger partial charge >= 0.3 is 0 Å². The van der Waals surface area contributed by atoms with Gasteiger partial charge in [-0.25, -0.2) is 9.07 Å². The van der Waals surface area contributed by atoms with Gasteiger partial charge in [0, 0.05) is 19.1 Å². The number of hydrogen-bond donors (Lipinski definition) is 0. The van der Waals surface area contributed by atoms with Crippen molar-refractivity contribution in [3.63, 3.8) is 0 Å². The highest BCUT2D eigenvalue weighted by Crippen LogP contribution is 2.34. The summed E-state index contributed by atoms with van der Waals surface area (Å²) in [6, 6.07) is 15.8. The molecule has 0 spiro atoms. The monoisotopic (exact) mass is 491 g/mol. The maximum Gasteiger partial charge on any atom is 0.227 e. The average Bonchev–Trinajstić information content (AvgIpc) is 3.67. The number of carbonyl (C=O) groups is 1. The molecule has 1 aliphatic carbocycles. The van der Waals surface area contributed by atoms with E-state index in [-0.39, 0.29) is 23.7 Å². The number of benzene rings is 2. The van der Waals surface area contributed by atoms with Gasteiger partial charge in [-0.15, -0.1) is 0 Å². The summed E-state index contributed by atoms with van der Waals surface area (Å²) in [6.07, 6.45) is 6.85. The highest BCUT2D eigenvalue weighted by atomic mass is 19.1. The Morgan fingerprint density at radius 1 is 1.08 bits per heavy atom. The molecule has 0 N–H and O–H groups in total. The molecule has 2 heterocycles. The summed E-state index contributed by atoms with van der Waals surface area (Å²) in [6.45, 7) is 3.78. The number of para-hydroxylation sites is 1. The lowest BCUT2D eigenvalue weighted by Gasteiger charge is -2.28. The molecule has 190 valence electrons. The van der Waals surface area contributed by atoms with Gasteiger partial charge in [-0.05, 0) is 68.5 Å². The smallest absolute Gasteiger partial charge is 0.227 e. The molecule has 1 atom stereocenters. The van der Waals surface area contributed by atoms with Crippen LogP contribution in [0.15, 0.2) is 54.6 Å². The van der Waals surface area contributed by atoms with E-state index in [0.717, 1.165) is 56.4 Å². The highest BCUT2D eigenvalue weighted by Gasteiger charge is 2.32. The molecule has 7 heteroatoms. The first kappa shape index (κ1) is 24.5. The van der Waals surface area contributed by atoms with Crippen molar-refractivity contribution >= 4 is 5.91 Å². The Bertz CT molecular complexity index is 1150. The van der Waals surface area contributed by atoms with Crippen molar-refractivity contribution in [2.24, 2.45) is 5.92 Å². The minimum atomic E-state index is -0.308. The number of amides is 1. The van der Waals surface area contributed by atoms with E-state index in [1.165, 1.54) is 12.1 Å². The Kier molecular flexibility index (Phi) is 7.66. The lowest BCUT2D eigenvalue weighted by molar-refractivity contribution is -0.137. The summed E-state index contributed by atoms with van der Waals surface area (Å²) in [4.78, 5) is 15.6. The van der Waals surface area contributed by atoms with Crippen molar-refractivity contribution in [3.8, 4) is 17.3 Å². The van der Waals surface area contributed by atoms with Crippen LogP contribution in [-0.2, 0) is 22.5 Å². The first-order chi connectivity index (χ1) is 17.6. The van der Waals surface area contributed by atoms with E-state index in [1.54, 1.807) is 16.8 Å². The fraction of sp³-hybridized carbons (Fsp3) is 0.448. The van der Waals surface area contributed by atoms with E-state index in [9.17, 15) is 9.18 Å². The molecule has 0 unspecified atom stereocenters. The molecule has 2 aliphatic rings. The van der Waals surface area contributed by atoms with E-state index in [2.05, 4.69) is 6.92 Å². The van der Waals surface area contributed by atoms with Crippen LogP contribution in [0.25, 0.3) is 5.69 Å². The van der Waals surface area contributed by atoms with Crippen molar-refractivity contribution in [3.05, 3.63) is 71.7 Å². The van der Waals surface area contributed by atoms with Gasteiger partial charge < -0.3 is 14.4 Å². The molecule has 1 aliphatic heterocycles. The summed E-state index contributed by atoms with van der Waals surface area (Å²) in [7, 11) is 0. The van der Waals surface area contributed by atoms with Crippen molar-refractivity contribution in [2.45, 2.75) is 64.5 Å². The van der Waals surface area contributed by atoms with Crippen LogP contribution in [0.3, 0.4) is 0 Å². The molecule has 1 saturated heterocycles. The molecule has 6 nitrogen and oxygen atoms in total. The maximum atomic E-state index is 13.7. The van der Waals surface area contributed by atoms with Crippen LogP contribution >= 0.6 is 0 Å². The fourth-order valence-corrected chi connectivity index (χ4v) is 5.27. The standard InChI is InChI=1S/C29H34FN3O3/c1-2-27-26(20-32(19-25-13-8-18-35-25)28(34)21-9-6-7-10-21)29(36-24-11-4-3-5-12-24)33(31-27)23-16-14-22(30)15-17-23/h3-5,11-12,14-17,21,25H,2,6-10,13,18-20H2,1H3/t25-/m1/s1. The van der Waals surface area contributed by atoms with Gasteiger partial charge in [-0.1, -0.05) is 38.0 Å². The minimum absolute atomic E-state index is 0.0612. The Balaban J connectivity index is 1.54. The van der Waals surface area contributed by atoms with Gasteiger partial charge in [0.1, 0.15) is 11.6 Å². The topological polar surface area (TPSA) is 56.6 Å². The predicted octanol–water partition coefficient (Wildman–Crippen LogP) is 6.06. The van der Waals surface area contributed by atoms with E-state index < -0.39 is 0 Å². The molecule has 1 amide bonds. The molecule has 0 bridgehead atoms. The Labute approximate surface area is 212 Å². The molecule has 1 aromatic heterocycles. The van der Waals surface area contributed by atoms with E-state index in [4.69, 9.17) is 14.6 Å². The average molecular weight is 492 g/mol. The quantitative estimate of drug-likeness (QED) is 0.365. The third-order valence-electron chi connectivity index (χ3n) is 7.20. The summed E-state index contributed by atoms with van der Waals surface area (Å²) >= 11 is 0. The molecular weight excluding hydrogens is 457 g/mol. The molecule has 36 heavy (non-hydrogen) atoms. The Morgan fingerprint density at radius 3 is 2.50 bits per heavy atom. The summed E-state index contributed by atoms with van der Waals surface area (Å²) < 4.78 is 27.8. The van der Waals surface area contributed by atoms with Gasteiger partial charge in [-0.2, -0.15) is 5.10 Å². The van der Waals surface area contributed by atoms with Gasteiger partial charge in [-0.3, -0.25) is 4.79 Å². The van der Waals surface area contributed by atoms with Crippen molar-refractivity contribution in [1.29, 1.82) is 0 Å². The number of aryl methyl sites for hydroxylation is 1. The van der Waals surface area contributed by atoms with Crippen LogP contribution in [0.1, 0.15) is 56.7 Å². The second kappa shape index (κ2) is 11.2. The summed E-state index contributed by atoms with van der Waals surface area (Å²) in [5, 5.41) is 4.87. The zero-order chi connectivity index (χ0) is 24.9. The summed E-state index contributed by atoms with van der Waals surface area (Å²) in [5.74, 6) is 1.20. The van der Waals surface area contributed by atoms with Crippen molar-refractivity contribution in [2.75, 3.05) is 13.2 Å². The van der Waals surface area contributed by atoms with Crippen LogP contribution in [0.5, 0.6) is 11.6 Å². The van der Waals surface area contributed by atoms with Crippen molar-refractivity contribution < 1.29 is 18.7 Å². The zero-order valence-corrected chi connectivity index (χ0v) is 20.9. The maximum absolute atomic E-state index is 13.7. The van der Waals surface area contributed by atoms with E-state index >= 15 is 0 Å². The number of rotatable bonds is 9. The molecular formula is C29H34FN3O3. The molecule has 1 saturated carbocycles. The van der Waals surface area contributed by atoms with E-state index in [1.807, 2.05) is 35.2 Å². The number of halogens is 1. The van der Waals surface area contributed by atoms with E-state index in [0.29, 0.717) is 36.8 Å². The first-order valence-corrected chi connectivity index (χ1v) is 13.1. The third-order valence-corrected chi connectivity index (χ3v) is 7.20. The number of aromatic nitrogens is 2. The second-order valence-corrected chi connectivity index (χ2v) is 9.72. The molecule has 5 rings (SSSR count). The number of nitrogens with zero attached hydrogens (tertiary/aromatic N) is 3. The van der Waals surface area contributed by atoms with Crippen LogP contribution in [0.4, 0.5) is 4.39 Å². The van der Waals surface area contributed by atoms with Gasteiger partial charge in [0.15, 0.2) is 0 Å². The minimum Gasteiger partial charge on any atom is -0.439 e. The van der Waals surface area contributed by atoms with Gasteiger partial charge in [0.05, 0.1) is 29.6 Å². The predicted molar refractivity (Wildman–Crippen MR) is 136 cm³/mol. The van der Waals surface area contributed by atoms with Crippen LogP contribution in [-0.4, -0.2) is 39.8 Å². The number of ether oxygens (including phenoxy) is 2. The second-order valence-electron chi connectivity index (χ2n) is 9.72. The summed E-state index contributed by atoms with van der Waals surface area (Å²) in [5.41, 5.74) is 2.45. The highest BCUT2D eigenvalue weighted by molar-refractivity contribution is 5.79. The Morgan fingerprint density at radius 2 is 1.83 bits per heavy atom. The number of carbonyl (C=O) groups excluding carboxylic acids is 1. The van der Waals surface area contributed by atoms with Gasteiger partial charge in [0.25, 0.3) is 0 Å². The zero-order valence-electron chi connectivity index (χ0n) is 20.9. The lowest BCUT2D eigenvalue weighted by atomic mass is 10.0. The third kappa shape index (κ3) is 5.46. The largest absolute Gasteiger partial charge is 0.439 e. The lowest BCUT2D eigenvalue weighted by Crippen LogP contribution is -2.40. The number of hydrogen-bond acceptors (Lipinski definition) is 4. The molecule has 2 fully saturated rings. The molecule has 3 aromatic rings. The fourth-order valence-electron chi connectivity index (χ4n) is 5.27. The SMILES string of the molecule is CCc1nn(-c2ccc(F)cc2)c(Oc2ccccc2)c1CN(C[C@H]1CCCO1)C(=O)C1CCCC1. The van der Waals surface area contributed by atoms with Crippen molar-refractivity contribution in [1.82, 2.24) is 14.7 Å². The first-order valence-electron chi connectivity index (χ1n) is 13.1. The van der Waals surface area contributed by atoms with Crippen LogP contribution < -0.4 is 4.74 Å².